The van der Waals surface area contributed by atoms with Gasteiger partial charge in [0.05, 0.1) is 17.0 Å². The van der Waals surface area contributed by atoms with Crippen LogP contribution >= 0.6 is 22.9 Å². The van der Waals surface area contributed by atoms with Gasteiger partial charge < -0.3 is 10.1 Å². The van der Waals surface area contributed by atoms with Crippen LogP contribution in [-0.2, 0) is 4.74 Å². The van der Waals surface area contributed by atoms with E-state index in [1.165, 1.54) is 13.0 Å². The molecule has 0 aliphatic rings. The molecule has 126 valence electrons. The van der Waals surface area contributed by atoms with Gasteiger partial charge in [0.1, 0.15) is 5.00 Å². The monoisotopic (exact) mass is 365 g/mol. The number of carbonyl (C=O) groups is 3. The van der Waals surface area contributed by atoms with Crippen molar-refractivity contribution in [2.75, 3.05) is 11.9 Å². The van der Waals surface area contributed by atoms with Gasteiger partial charge in [0.25, 0.3) is 5.91 Å². The van der Waals surface area contributed by atoms with Crippen molar-refractivity contribution >= 4 is 45.6 Å². The Morgan fingerprint density at radius 3 is 2.58 bits per heavy atom. The molecule has 1 N–H and O–H groups in total. The fourth-order valence-electron chi connectivity index (χ4n) is 2.19. The highest BCUT2D eigenvalue weighted by Crippen LogP contribution is 2.34. The van der Waals surface area contributed by atoms with E-state index in [4.69, 9.17) is 16.3 Å². The van der Waals surface area contributed by atoms with Crippen molar-refractivity contribution in [3.05, 3.63) is 50.9 Å². The van der Waals surface area contributed by atoms with E-state index in [-0.39, 0.29) is 18.0 Å². The van der Waals surface area contributed by atoms with Crippen LogP contribution in [0.1, 0.15) is 49.8 Å². The predicted molar refractivity (Wildman–Crippen MR) is 94.4 cm³/mol. The molecule has 1 heterocycles. The Bertz CT molecular complexity index is 813. The van der Waals surface area contributed by atoms with Gasteiger partial charge in [-0.15, -0.1) is 11.3 Å². The lowest BCUT2D eigenvalue weighted by Crippen LogP contribution is -2.14. The molecule has 0 spiro atoms. The smallest absolute Gasteiger partial charge is 0.341 e. The fraction of sp³-hybridized carbons (Fsp3) is 0.235. The van der Waals surface area contributed by atoms with Gasteiger partial charge in [0.2, 0.25) is 0 Å². The van der Waals surface area contributed by atoms with E-state index in [9.17, 15) is 14.4 Å². The summed E-state index contributed by atoms with van der Waals surface area (Å²) in [5.41, 5.74) is 1.07. The zero-order valence-electron chi connectivity index (χ0n) is 13.4. The van der Waals surface area contributed by atoms with Gasteiger partial charge in [0, 0.05) is 10.6 Å². The van der Waals surface area contributed by atoms with Crippen LogP contribution in [0, 0.1) is 6.92 Å². The SMILES string of the molecule is CCOC(=O)c1c(NC(=O)c2cccc(Cl)c2)sc(C(C)=O)c1C. The number of carbonyl (C=O) groups excluding carboxylic acids is 3. The van der Waals surface area contributed by atoms with Crippen LogP contribution in [0.15, 0.2) is 24.3 Å². The predicted octanol–water partition coefficient (Wildman–Crippen LogP) is 4.34. The number of thiophene rings is 1. The van der Waals surface area contributed by atoms with Crippen molar-refractivity contribution < 1.29 is 19.1 Å². The Labute approximate surface area is 148 Å². The summed E-state index contributed by atoms with van der Waals surface area (Å²) < 4.78 is 5.03. The molecule has 0 unspecified atom stereocenters. The normalized spacial score (nSPS) is 10.3. The first-order chi connectivity index (χ1) is 11.3. The van der Waals surface area contributed by atoms with Gasteiger partial charge in [-0.2, -0.15) is 0 Å². The van der Waals surface area contributed by atoms with Crippen LogP contribution < -0.4 is 5.32 Å². The van der Waals surface area contributed by atoms with Gasteiger partial charge in [-0.1, -0.05) is 17.7 Å². The Hall–Kier alpha value is -2.18. The molecule has 0 radical (unpaired) electrons. The van der Waals surface area contributed by atoms with Crippen molar-refractivity contribution in [3.8, 4) is 0 Å². The summed E-state index contributed by atoms with van der Waals surface area (Å²) in [7, 11) is 0. The van der Waals surface area contributed by atoms with E-state index in [0.29, 0.717) is 26.0 Å². The maximum atomic E-state index is 12.4. The zero-order valence-corrected chi connectivity index (χ0v) is 15.0. The standard InChI is InChI=1S/C17H16ClNO4S/c1-4-23-17(22)13-9(2)14(10(3)20)24-16(13)19-15(21)11-6-5-7-12(18)8-11/h5-8H,4H2,1-3H3,(H,19,21). The van der Waals surface area contributed by atoms with Gasteiger partial charge in [-0.05, 0) is 44.5 Å². The zero-order chi connectivity index (χ0) is 17.9. The summed E-state index contributed by atoms with van der Waals surface area (Å²) in [6.07, 6.45) is 0. The molecule has 1 aromatic carbocycles. The maximum absolute atomic E-state index is 12.4. The number of esters is 1. The van der Waals surface area contributed by atoms with Crippen LogP contribution in [0.2, 0.25) is 5.02 Å². The third kappa shape index (κ3) is 3.83. The van der Waals surface area contributed by atoms with Crippen molar-refractivity contribution in [3.63, 3.8) is 0 Å². The first kappa shape index (κ1) is 18.2. The lowest BCUT2D eigenvalue weighted by Gasteiger charge is -2.07. The van der Waals surface area contributed by atoms with E-state index >= 15 is 0 Å². The van der Waals surface area contributed by atoms with E-state index < -0.39 is 11.9 Å². The number of nitrogens with one attached hydrogen (secondary N) is 1. The van der Waals surface area contributed by atoms with Gasteiger partial charge in [0.15, 0.2) is 5.78 Å². The maximum Gasteiger partial charge on any atom is 0.341 e. The second-order valence-electron chi connectivity index (χ2n) is 5.00. The average molecular weight is 366 g/mol. The van der Waals surface area contributed by atoms with Crippen LogP contribution in [-0.4, -0.2) is 24.3 Å². The van der Waals surface area contributed by atoms with Gasteiger partial charge in [-0.3, -0.25) is 9.59 Å². The molecule has 0 aliphatic heterocycles. The molecule has 0 saturated heterocycles. The highest BCUT2D eigenvalue weighted by molar-refractivity contribution is 7.18. The minimum Gasteiger partial charge on any atom is -0.462 e. The number of ketones is 1. The van der Waals surface area contributed by atoms with Gasteiger partial charge >= 0.3 is 5.97 Å². The molecule has 1 amide bonds. The lowest BCUT2D eigenvalue weighted by atomic mass is 10.1. The number of amides is 1. The summed E-state index contributed by atoms with van der Waals surface area (Å²) >= 11 is 6.95. The van der Waals surface area contributed by atoms with Crippen molar-refractivity contribution in [1.29, 1.82) is 0 Å². The second-order valence-corrected chi connectivity index (χ2v) is 6.46. The lowest BCUT2D eigenvalue weighted by molar-refractivity contribution is 0.0527. The summed E-state index contributed by atoms with van der Waals surface area (Å²) in [4.78, 5) is 36.7. The molecular formula is C17H16ClNO4S. The number of anilines is 1. The molecule has 0 fully saturated rings. The average Bonchev–Trinajstić information content (AvgIpc) is 2.84. The molecule has 2 aromatic rings. The summed E-state index contributed by atoms with van der Waals surface area (Å²) in [6, 6.07) is 6.45. The minimum absolute atomic E-state index is 0.175. The molecule has 0 bridgehead atoms. The second kappa shape index (κ2) is 7.59. The van der Waals surface area contributed by atoms with Crippen molar-refractivity contribution in [2.45, 2.75) is 20.8 Å². The Balaban J connectivity index is 2.41. The van der Waals surface area contributed by atoms with Crippen LogP contribution in [0.5, 0.6) is 0 Å². The number of hydrogen-bond acceptors (Lipinski definition) is 5. The molecule has 7 heteroatoms. The largest absolute Gasteiger partial charge is 0.462 e. The summed E-state index contributed by atoms with van der Waals surface area (Å²) in [6.45, 7) is 4.96. The first-order valence-corrected chi connectivity index (χ1v) is 8.43. The topological polar surface area (TPSA) is 72.5 Å². The van der Waals surface area contributed by atoms with E-state index in [1.54, 1.807) is 32.0 Å². The number of ether oxygens (including phenoxy) is 1. The Morgan fingerprint density at radius 2 is 2.00 bits per heavy atom. The number of rotatable bonds is 5. The van der Waals surface area contributed by atoms with Crippen LogP contribution in [0.25, 0.3) is 0 Å². The van der Waals surface area contributed by atoms with Crippen molar-refractivity contribution in [2.24, 2.45) is 0 Å². The van der Waals surface area contributed by atoms with Crippen molar-refractivity contribution in [1.82, 2.24) is 0 Å². The highest BCUT2D eigenvalue weighted by atomic mass is 35.5. The highest BCUT2D eigenvalue weighted by Gasteiger charge is 2.25. The molecule has 0 atom stereocenters. The van der Waals surface area contributed by atoms with Gasteiger partial charge in [-0.25, -0.2) is 4.79 Å². The van der Waals surface area contributed by atoms with E-state index in [1.807, 2.05) is 0 Å². The van der Waals surface area contributed by atoms with Crippen LogP contribution in [0.4, 0.5) is 5.00 Å². The van der Waals surface area contributed by atoms with E-state index in [2.05, 4.69) is 5.32 Å². The number of halogens is 1. The minimum atomic E-state index is -0.569. The summed E-state index contributed by atoms with van der Waals surface area (Å²) in [5, 5.41) is 3.40. The number of Topliss-reactive ketones (excluding diaryl/α,β-unsaturated/α-hetero) is 1. The molecule has 2 rings (SSSR count). The third-order valence-corrected chi connectivity index (χ3v) is 4.80. The third-order valence-electron chi connectivity index (χ3n) is 3.26. The van der Waals surface area contributed by atoms with Crippen LogP contribution in [0.3, 0.4) is 0 Å². The number of hydrogen-bond donors (Lipinski definition) is 1. The fourth-order valence-corrected chi connectivity index (χ4v) is 3.47. The Morgan fingerprint density at radius 1 is 1.29 bits per heavy atom. The molecule has 1 aromatic heterocycles. The Kier molecular flexibility index (Phi) is 5.75. The molecular weight excluding hydrogens is 350 g/mol. The quantitative estimate of drug-likeness (QED) is 0.631. The molecule has 0 saturated carbocycles. The first-order valence-electron chi connectivity index (χ1n) is 7.23. The van der Waals surface area contributed by atoms with E-state index in [0.717, 1.165) is 11.3 Å². The molecule has 5 nitrogen and oxygen atoms in total. The number of benzene rings is 1. The summed E-state index contributed by atoms with van der Waals surface area (Å²) in [5.74, 6) is -1.16. The molecule has 24 heavy (non-hydrogen) atoms. The molecule has 0 aliphatic carbocycles.